The molecule has 1 saturated carbocycles. The Labute approximate surface area is 122 Å². The van der Waals surface area contributed by atoms with Gasteiger partial charge in [0.25, 0.3) is 0 Å². The molecule has 1 aliphatic carbocycles. The lowest BCUT2D eigenvalue weighted by atomic mass is 10.1. The lowest BCUT2D eigenvalue weighted by Crippen LogP contribution is -1.92. The van der Waals surface area contributed by atoms with Gasteiger partial charge in [0.05, 0.1) is 7.11 Å². The third-order valence-corrected chi connectivity index (χ3v) is 3.11. The maximum atomic E-state index is 5.64. The zero-order valence-corrected chi connectivity index (χ0v) is 12.5. The summed E-state index contributed by atoms with van der Waals surface area (Å²) in [7, 11) is 1.60. The van der Waals surface area contributed by atoms with E-state index >= 15 is 0 Å². The van der Waals surface area contributed by atoms with Crippen molar-refractivity contribution in [1.82, 2.24) is 0 Å². The van der Waals surface area contributed by atoms with E-state index in [0.717, 1.165) is 5.76 Å². The predicted octanol–water partition coefficient (Wildman–Crippen LogP) is 4.37. The second-order valence-corrected chi connectivity index (χ2v) is 4.69. The summed E-state index contributed by atoms with van der Waals surface area (Å²) >= 11 is 0. The predicted molar refractivity (Wildman–Crippen MR) is 83.9 cm³/mol. The highest BCUT2D eigenvalue weighted by molar-refractivity contribution is 5.22. The second-order valence-electron chi connectivity index (χ2n) is 4.69. The first-order valence-electron chi connectivity index (χ1n) is 7.11. The number of hydrogen-bond acceptors (Lipinski definition) is 2. The molecule has 2 nitrogen and oxygen atoms in total. The van der Waals surface area contributed by atoms with Gasteiger partial charge in [-0.3, -0.25) is 0 Å². The number of allylic oxidation sites excluding steroid dienone is 5. The molecule has 0 aromatic carbocycles. The molecule has 0 radical (unpaired) electrons. The average Bonchev–Trinajstić information content (AvgIpc) is 2.96. The topological polar surface area (TPSA) is 18.5 Å². The molecule has 0 aromatic heterocycles. The Balaban J connectivity index is 2.43. The molecule has 0 spiro atoms. The molecule has 0 unspecified atom stereocenters. The van der Waals surface area contributed by atoms with Gasteiger partial charge in [0.1, 0.15) is 18.1 Å². The van der Waals surface area contributed by atoms with Crippen molar-refractivity contribution < 1.29 is 9.47 Å². The van der Waals surface area contributed by atoms with Crippen molar-refractivity contribution in [3.63, 3.8) is 0 Å². The van der Waals surface area contributed by atoms with Crippen LogP contribution in [-0.4, -0.2) is 13.7 Å². The molecule has 108 valence electrons. The van der Waals surface area contributed by atoms with Gasteiger partial charge < -0.3 is 9.47 Å². The van der Waals surface area contributed by atoms with E-state index in [1.165, 1.54) is 25.7 Å². The number of methoxy groups -OCH3 is 1. The molecule has 0 N–H and O–H groups in total. The number of hydrogen-bond donors (Lipinski definition) is 0. The Kier molecular flexibility index (Phi) is 8.07. The van der Waals surface area contributed by atoms with E-state index in [4.69, 9.17) is 9.47 Å². The summed E-state index contributed by atoms with van der Waals surface area (Å²) in [5, 5.41) is 0. The van der Waals surface area contributed by atoms with Crippen LogP contribution >= 0.6 is 0 Å². The van der Waals surface area contributed by atoms with E-state index < -0.39 is 0 Å². The maximum Gasteiger partial charge on any atom is 0.149 e. The van der Waals surface area contributed by atoms with Gasteiger partial charge in [0, 0.05) is 5.92 Å². The monoisotopic (exact) mass is 272 g/mol. The Morgan fingerprint density at radius 3 is 2.70 bits per heavy atom. The molecular formula is C18H24O2. The first-order valence-corrected chi connectivity index (χ1v) is 7.11. The van der Waals surface area contributed by atoms with Crippen molar-refractivity contribution in [2.75, 3.05) is 13.7 Å². The summed E-state index contributed by atoms with van der Waals surface area (Å²) in [6.07, 6.45) is 14.5. The van der Waals surface area contributed by atoms with Gasteiger partial charge in [-0.1, -0.05) is 43.4 Å². The van der Waals surface area contributed by atoms with Gasteiger partial charge in [0.15, 0.2) is 0 Å². The Hall–Kier alpha value is -1.88. The SMILES string of the molecule is C=C(/C=C/C=C(\C=C/C)OCC#CC1CCCC1)OC. The standard InChI is InChI=1S/C18H24O2/c1-4-9-18(14-7-10-16(2)19-3)20-15-8-13-17-11-5-6-12-17/h4,7,9-10,14,17H,2,5-6,11-12,15H2,1,3H3/b9-4-,10-7+,18-14+. The van der Waals surface area contributed by atoms with Crippen molar-refractivity contribution in [2.24, 2.45) is 5.92 Å². The third kappa shape index (κ3) is 6.89. The first kappa shape index (κ1) is 16.2. The van der Waals surface area contributed by atoms with Crippen LogP contribution in [0.1, 0.15) is 32.6 Å². The zero-order valence-electron chi connectivity index (χ0n) is 12.5. The summed E-state index contributed by atoms with van der Waals surface area (Å²) in [6.45, 7) is 6.11. The van der Waals surface area contributed by atoms with E-state index in [-0.39, 0.29) is 0 Å². The molecule has 0 bridgehead atoms. The van der Waals surface area contributed by atoms with E-state index in [1.807, 2.05) is 31.2 Å². The molecule has 1 rings (SSSR count). The van der Waals surface area contributed by atoms with Gasteiger partial charge in [0.2, 0.25) is 0 Å². The van der Waals surface area contributed by atoms with Gasteiger partial charge in [-0.05, 0) is 38.0 Å². The van der Waals surface area contributed by atoms with E-state index in [9.17, 15) is 0 Å². The fourth-order valence-electron chi connectivity index (χ4n) is 2.01. The molecule has 1 fully saturated rings. The molecule has 0 aromatic rings. The van der Waals surface area contributed by atoms with Crippen LogP contribution in [0.25, 0.3) is 0 Å². The summed E-state index contributed by atoms with van der Waals surface area (Å²) in [6, 6.07) is 0. The van der Waals surface area contributed by atoms with E-state index in [0.29, 0.717) is 18.3 Å². The molecule has 0 heterocycles. The van der Waals surface area contributed by atoms with Gasteiger partial charge in [-0.25, -0.2) is 0 Å². The van der Waals surface area contributed by atoms with E-state index in [1.54, 1.807) is 13.2 Å². The largest absolute Gasteiger partial charge is 0.497 e. The Morgan fingerprint density at radius 1 is 1.30 bits per heavy atom. The van der Waals surface area contributed by atoms with Crippen molar-refractivity contribution in [1.29, 1.82) is 0 Å². The summed E-state index contributed by atoms with van der Waals surface area (Å²) < 4.78 is 10.6. The minimum absolute atomic E-state index is 0.436. The quantitative estimate of drug-likeness (QED) is 0.406. The Bertz CT molecular complexity index is 438. The van der Waals surface area contributed by atoms with Gasteiger partial charge in [-0.15, -0.1) is 0 Å². The van der Waals surface area contributed by atoms with Gasteiger partial charge >= 0.3 is 0 Å². The fraction of sp³-hybridized carbons (Fsp3) is 0.444. The molecule has 20 heavy (non-hydrogen) atoms. The van der Waals surface area contributed by atoms with Crippen LogP contribution in [-0.2, 0) is 9.47 Å². The molecule has 0 amide bonds. The summed E-state index contributed by atoms with van der Waals surface area (Å²) in [5.41, 5.74) is 0. The molecule has 0 saturated heterocycles. The summed E-state index contributed by atoms with van der Waals surface area (Å²) in [4.78, 5) is 0. The van der Waals surface area contributed by atoms with Crippen molar-refractivity contribution in [3.8, 4) is 11.8 Å². The number of ether oxygens (including phenoxy) is 2. The van der Waals surface area contributed by atoms with Crippen LogP contribution in [0.2, 0.25) is 0 Å². The van der Waals surface area contributed by atoms with Crippen molar-refractivity contribution >= 4 is 0 Å². The van der Waals surface area contributed by atoms with Crippen LogP contribution in [0, 0.1) is 17.8 Å². The minimum atomic E-state index is 0.436. The second kappa shape index (κ2) is 9.97. The highest BCUT2D eigenvalue weighted by atomic mass is 16.5. The normalized spacial score (nSPS) is 16.4. The highest BCUT2D eigenvalue weighted by Gasteiger charge is 2.11. The van der Waals surface area contributed by atoms with Crippen molar-refractivity contribution in [3.05, 3.63) is 48.5 Å². The molecule has 1 aliphatic rings. The lowest BCUT2D eigenvalue weighted by Gasteiger charge is -2.02. The molecule has 0 atom stereocenters. The van der Waals surface area contributed by atoms with E-state index in [2.05, 4.69) is 18.4 Å². The van der Waals surface area contributed by atoms with Crippen molar-refractivity contribution in [2.45, 2.75) is 32.6 Å². The fourth-order valence-corrected chi connectivity index (χ4v) is 2.01. The van der Waals surface area contributed by atoms with Gasteiger partial charge in [-0.2, -0.15) is 0 Å². The van der Waals surface area contributed by atoms with Crippen LogP contribution in [0.4, 0.5) is 0 Å². The number of rotatable bonds is 6. The highest BCUT2D eigenvalue weighted by Crippen LogP contribution is 2.23. The zero-order chi connectivity index (χ0) is 14.6. The smallest absolute Gasteiger partial charge is 0.149 e. The molecule has 2 heteroatoms. The first-order chi connectivity index (χ1) is 9.76. The summed E-state index contributed by atoms with van der Waals surface area (Å²) in [5.74, 6) is 8.38. The molecular weight excluding hydrogens is 248 g/mol. The average molecular weight is 272 g/mol. The maximum absolute atomic E-state index is 5.64. The third-order valence-electron chi connectivity index (χ3n) is 3.11. The lowest BCUT2D eigenvalue weighted by molar-refractivity contribution is 0.267. The Morgan fingerprint density at radius 2 is 2.05 bits per heavy atom. The van der Waals surface area contributed by atoms with Crippen LogP contribution in [0.3, 0.4) is 0 Å². The van der Waals surface area contributed by atoms with Crippen LogP contribution in [0.5, 0.6) is 0 Å². The van der Waals surface area contributed by atoms with Crippen LogP contribution in [0.15, 0.2) is 48.5 Å². The van der Waals surface area contributed by atoms with Crippen LogP contribution < -0.4 is 0 Å². The molecule has 0 aliphatic heterocycles. The minimum Gasteiger partial charge on any atom is -0.497 e.